The van der Waals surface area contributed by atoms with E-state index in [2.05, 4.69) is 65.9 Å². The van der Waals surface area contributed by atoms with Gasteiger partial charge in [0.1, 0.15) is 0 Å². The van der Waals surface area contributed by atoms with Crippen LogP contribution in [0.5, 0.6) is 11.5 Å². The summed E-state index contributed by atoms with van der Waals surface area (Å²) >= 11 is 0. The number of methoxy groups -OCH3 is 2. The zero-order valence-electron chi connectivity index (χ0n) is 16.9. The fourth-order valence-corrected chi connectivity index (χ4v) is 3.62. The zero-order valence-corrected chi connectivity index (χ0v) is 17.7. The van der Waals surface area contributed by atoms with E-state index in [1.807, 2.05) is 18.3 Å². The number of fused-ring (bicyclic) bond motifs is 1. The lowest BCUT2D eigenvalue weighted by atomic mass is 10.00. The van der Waals surface area contributed by atoms with E-state index >= 15 is 0 Å². The van der Waals surface area contributed by atoms with Crippen molar-refractivity contribution in [2.24, 2.45) is 0 Å². The van der Waals surface area contributed by atoms with Gasteiger partial charge in [-0.15, -0.1) is 0 Å². The Balaban J connectivity index is 0.00000240. The van der Waals surface area contributed by atoms with Crippen molar-refractivity contribution in [3.63, 3.8) is 0 Å². The van der Waals surface area contributed by atoms with Gasteiger partial charge in [0, 0.05) is 30.8 Å². The van der Waals surface area contributed by atoms with E-state index in [9.17, 15) is 0 Å². The van der Waals surface area contributed by atoms with Crippen molar-refractivity contribution in [2.45, 2.75) is 13.8 Å². The minimum Gasteiger partial charge on any atom is -1.00 e. The lowest BCUT2D eigenvalue weighted by Crippen LogP contribution is -3.00. The molecule has 0 N–H and O–H groups in total. The number of hydrogen-bond donors (Lipinski definition) is 0. The number of aryl methyl sites for hydroxylation is 2. The topological polar surface area (TPSA) is 35.2 Å². The van der Waals surface area contributed by atoms with Crippen LogP contribution in [0, 0.1) is 13.8 Å². The summed E-state index contributed by atoms with van der Waals surface area (Å²) in [6, 6.07) is 18.9. The monoisotopic (exact) mass is 406 g/mol. The molecule has 0 fully saturated rings. The highest BCUT2D eigenvalue weighted by molar-refractivity contribution is 5.95. The van der Waals surface area contributed by atoms with Crippen molar-refractivity contribution >= 4 is 10.8 Å². The maximum Gasteiger partial charge on any atom is 0.229 e. The van der Waals surface area contributed by atoms with Crippen molar-refractivity contribution < 1.29 is 26.4 Å². The van der Waals surface area contributed by atoms with Gasteiger partial charge in [0.25, 0.3) is 0 Å². The molecule has 148 valence electrons. The number of hydrogen-bond acceptors (Lipinski definition) is 3. The number of benzene rings is 2. The SMILES string of the molecule is COc1cc2cc(C)[n+](-c3cccnc3)c(-c3ccc(C)cc3)c2cc1OC.[Cl-]. The average molecular weight is 407 g/mol. The molecule has 0 radical (unpaired) electrons. The van der Waals surface area contributed by atoms with E-state index in [1.54, 1.807) is 20.4 Å². The summed E-state index contributed by atoms with van der Waals surface area (Å²) in [5.74, 6) is 1.44. The molecule has 5 heteroatoms. The summed E-state index contributed by atoms with van der Waals surface area (Å²) < 4.78 is 13.3. The molecular formula is C24H23ClN2O2. The van der Waals surface area contributed by atoms with Crippen LogP contribution in [-0.2, 0) is 0 Å². The Morgan fingerprint density at radius 1 is 0.862 bits per heavy atom. The number of ether oxygens (including phenoxy) is 2. The Morgan fingerprint density at radius 2 is 1.55 bits per heavy atom. The molecule has 0 aliphatic heterocycles. The fraction of sp³-hybridized carbons (Fsp3) is 0.167. The van der Waals surface area contributed by atoms with Gasteiger partial charge in [-0.1, -0.05) is 17.7 Å². The second-order valence-electron chi connectivity index (χ2n) is 6.84. The number of aromatic nitrogens is 2. The highest BCUT2D eigenvalue weighted by Gasteiger charge is 2.24. The van der Waals surface area contributed by atoms with Crippen molar-refractivity contribution in [1.29, 1.82) is 0 Å². The maximum atomic E-state index is 5.58. The normalized spacial score (nSPS) is 10.5. The molecule has 2 heterocycles. The minimum atomic E-state index is 0. The smallest absolute Gasteiger partial charge is 0.229 e. The highest BCUT2D eigenvalue weighted by Crippen LogP contribution is 2.36. The molecule has 0 aliphatic rings. The molecule has 0 saturated heterocycles. The van der Waals surface area contributed by atoms with Gasteiger partial charge in [0.05, 0.1) is 25.8 Å². The first-order valence-electron chi connectivity index (χ1n) is 9.21. The van der Waals surface area contributed by atoms with Gasteiger partial charge in [-0.05, 0) is 42.6 Å². The molecule has 0 unspecified atom stereocenters. The summed E-state index contributed by atoms with van der Waals surface area (Å²) in [6.45, 7) is 4.21. The van der Waals surface area contributed by atoms with E-state index in [0.29, 0.717) is 5.75 Å². The molecule has 4 nitrogen and oxygen atoms in total. The van der Waals surface area contributed by atoms with Gasteiger partial charge >= 0.3 is 0 Å². The number of nitrogens with zero attached hydrogens (tertiary/aromatic N) is 2. The Kier molecular flexibility index (Phi) is 6.04. The molecule has 4 rings (SSSR count). The van der Waals surface area contributed by atoms with Crippen molar-refractivity contribution in [1.82, 2.24) is 4.98 Å². The van der Waals surface area contributed by atoms with E-state index in [-0.39, 0.29) is 12.4 Å². The van der Waals surface area contributed by atoms with Gasteiger partial charge < -0.3 is 21.9 Å². The average Bonchev–Trinajstić information content (AvgIpc) is 2.73. The van der Waals surface area contributed by atoms with E-state index in [0.717, 1.165) is 39.2 Å². The predicted octanol–water partition coefficient (Wildman–Crippen LogP) is 1.82. The first kappa shape index (κ1) is 20.6. The largest absolute Gasteiger partial charge is 1.00 e. The third-order valence-electron chi connectivity index (χ3n) is 4.98. The molecule has 2 aromatic carbocycles. The molecular weight excluding hydrogens is 384 g/mol. The summed E-state index contributed by atoms with van der Waals surface area (Å²) in [6.07, 6.45) is 3.68. The Morgan fingerprint density at radius 3 is 2.17 bits per heavy atom. The Hall–Kier alpha value is -3.11. The lowest BCUT2D eigenvalue weighted by Gasteiger charge is -2.13. The van der Waals surface area contributed by atoms with Gasteiger partial charge in [0.15, 0.2) is 17.2 Å². The van der Waals surface area contributed by atoms with Gasteiger partial charge in [-0.2, -0.15) is 4.57 Å². The van der Waals surface area contributed by atoms with E-state index in [1.165, 1.54) is 5.56 Å². The van der Waals surface area contributed by atoms with Gasteiger partial charge in [-0.25, -0.2) is 0 Å². The summed E-state index contributed by atoms with van der Waals surface area (Å²) in [5.41, 5.74) is 5.60. The number of rotatable bonds is 4. The number of halogens is 1. The second-order valence-corrected chi connectivity index (χ2v) is 6.84. The van der Waals surface area contributed by atoms with Crippen molar-refractivity contribution in [2.75, 3.05) is 14.2 Å². The minimum absolute atomic E-state index is 0. The standard InChI is InChI=1S/C24H23N2O2.ClH/c1-16-7-9-18(10-8-16)24-21-14-23(28-4)22(27-3)13-19(21)12-17(2)26(24)20-6-5-11-25-15-20;/h5-15H,1-4H3;1H/q+1;/p-1. The molecule has 0 saturated carbocycles. The van der Waals surface area contributed by atoms with E-state index < -0.39 is 0 Å². The molecule has 0 amide bonds. The molecule has 0 atom stereocenters. The zero-order chi connectivity index (χ0) is 19.7. The van der Waals surface area contributed by atoms with Crippen LogP contribution in [0.15, 0.2) is 67.0 Å². The van der Waals surface area contributed by atoms with Gasteiger partial charge in [-0.3, -0.25) is 4.98 Å². The first-order chi connectivity index (χ1) is 13.6. The Labute approximate surface area is 177 Å². The molecule has 4 aromatic rings. The molecule has 2 aromatic heterocycles. The predicted molar refractivity (Wildman–Crippen MR) is 111 cm³/mol. The third kappa shape index (κ3) is 3.76. The summed E-state index contributed by atoms with van der Waals surface area (Å²) in [5, 5.41) is 2.20. The fourth-order valence-electron chi connectivity index (χ4n) is 3.62. The molecule has 0 aliphatic carbocycles. The van der Waals surface area contributed by atoms with Crippen LogP contribution >= 0.6 is 0 Å². The van der Waals surface area contributed by atoms with E-state index in [4.69, 9.17) is 9.47 Å². The van der Waals surface area contributed by atoms with Crippen LogP contribution < -0.4 is 26.4 Å². The molecule has 29 heavy (non-hydrogen) atoms. The van der Waals surface area contributed by atoms with Crippen molar-refractivity contribution in [3.8, 4) is 28.4 Å². The van der Waals surface area contributed by atoms with Crippen LogP contribution in [0.25, 0.3) is 27.7 Å². The van der Waals surface area contributed by atoms with Crippen LogP contribution in [-0.4, -0.2) is 19.2 Å². The van der Waals surface area contributed by atoms with Crippen LogP contribution in [0.1, 0.15) is 11.3 Å². The van der Waals surface area contributed by atoms with Crippen LogP contribution in [0.4, 0.5) is 0 Å². The van der Waals surface area contributed by atoms with Gasteiger partial charge in [0.2, 0.25) is 11.4 Å². The number of pyridine rings is 2. The first-order valence-corrected chi connectivity index (χ1v) is 9.21. The lowest BCUT2D eigenvalue weighted by molar-refractivity contribution is -0.589. The quantitative estimate of drug-likeness (QED) is 0.485. The molecule has 0 spiro atoms. The van der Waals surface area contributed by atoms with Crippen LogP contribution in [0.3, 0.4) is 0 Å². The second kappa shape index (κ2) is 8.50. The summed E-state index contributed by atoms with van der Waals surface area (Å²) in [4.78, 5) is 4.33. The third-order valence-corrected chi connectivity index (χ3v) is 4.98. The Bertz CT molecular complexity index is 1140. The highest BCUT2D eigenvalue weighted by atomic mass is 35.5. The van der Waals surface area contributed by atoms with Crippen LogP contribution in [0.2, 0.25) is 0 Å². The van der Waals surface area contributed by atoms with Crippen molar-refractivity contribution in [3.05, 3.63) is 78.2 Å². The maximum absolute atomic E-state index is 5.58. The summed E-state index contributed by atoms with van der Waals surface area (Å²) in [7, 11) is 3.33. The molecule has 0 bridgehead atoms.